The summed E-state index contributed by atoms with van der Waals surface area (Å²) in [7, 11) is 0. The van der Waals surface area contributed by atoms with Gasteiger partial charge in [0.2, 0.25) is 0 Å². The highest BCUT2D eigenvalue weighted by atomic mass is 16.5. The number of aromatic amines is 1. The van der Waals surface area contributed by atoms with E-state index in [9.17, 15) is 9.59 Å². The molecule has 0 bridgehead atoms. The summed E-state index contributed by atoms with van der Waals surface area (Å²) < 4.78 is 5.60. The Morgan fingerprint density at radius 3 is 2.78 bits per heavy atom. The van der Waals surface area contributed by atoms with Crippen molar-refractivity contribution in [1.29, 1.82) is 0 Å². The Morgan fingerprint density at radius 1 is 1.19 bits per heavy atom. The molecule has 0 unspecified atom stereocenters. The van der Waals surface area contributed by atoms with Crippen LogP contribution in [0.1, 0.15) is 29.6 Å². The first-order valence-electron chi connectivity index (χ1n) is 9.36. The number of amides is 1. The number of ether oxygens (including phenoxy) is 1. The first-order chi connectivity index (χ1) is 13.2. The van der Waals surface area contributed by atoms with Gasteiger partial charge < -0.3 is 15.0 Å². The van der Waals surface area contributed by atoms with E-state index in [1.807, 2.05) is 6.07 Å². The molecule has 0 spiro atoms. The van der Waals surface area contributed by atoms with E-state index < -0.39 is 11.5 Å². The van der Waals surface area contributed by atoms with Crippen LogP contribution in [0.15, 0.2) is 35.4 Å². The second-order valence-electron chi connectivity index (χ2n) is 6.97. The summed E-state index contributed by atoms with van der Waals surface area (Å²) in [6, 6.07) is 5.38. The number of likely N-dealkylation sites (tertiary alicyclic amines) is 1. The van der Waals surface area contributed by atoms with Gasteiger partial charge in [-0.15, -0.1) is 0 Å². The molecule has 0 aromatic carbocycles. The van der Waals surface area contributed by atoms with E-state index in [-0.39, 0.29) is 17.6 Å². The topological polar surface area (TPSA) is 100 Å². The Labute approximate surface area is 157 Å². The predicted octanol–water partition coefficient (Wildman–Crippen LogP) is 0.815. The maximum Gasteiger partial charge on any atom is 0.264 e. The molecule has 2 aliphatic rings. The lowest BCUT2D eigenvalue weighted by atomic mass is 10.0. The minimum Gasteiger partial charge on any atom is -0.378 e. The lowest BCUT2D eigenvalue weighted by Gasteiger charge is -2.34. The molecular formula is C19H23N5O3. The Hall–Kier alpha value is -2.58. The van der Waals surface area contributed by atoms with Gasteiger partial charge in [-0.05, 0) is 38.1 Å². The zero-order valence-corrected chi connectivity index (χ0v) is 15.1. The van der Waals surface area contributed by atoms with E-state index >= 15 is 0 Å². The van der Waals surface area contributed by atoms with Gasteiger partial charge in [0.15, 0.2) is 5.82 Å². The molecule has 1 amide bonds. The average molecular weight is 369 g/mol. The van der Waals surface area contributed by atoms with Crippen molar-refractivity contribution in [2.45, 2.75) is 31.3 Å². The van der Waals surface area contributed by atoms with E-state index in [1.165, 1.54) is 25.5 Å². The molecule has 8 nitrogen and oxygen atoms in total. The van der Waals surface area contributed by atoms with Crippen molar-refractivity contribution in [2.75, 3.05) is 26.3 Å². The van der Waals surface area contributed by atoms with Crippen molar-refractivity contribution in [3.8, 4) is 11.5 Å². The molecule has 0 radical (unpaired) electrons. The van der Waals surface area contributed by atoms with Crippen LogP contribution in [0.4, 0.5) is 0 Å². The molecule has 2 N–H and O–H groups in total. The number of piperidine rings is 1. The van der Waals surface area contributed by atoms with Crippen LogP contribution in [0.3, 0.4) is 0 Å². The molecule has 8 heteroatoms. The number of pyridine rings is 1. The van der Waals surface area contributed by atoms with Crippen LogP contribution in [-0.4, -0.2) is 64.1 Å². The predicted molar refractivity (Wildman–Crippen MR) is 99.4 cm³/mol. The SMILES string of the molecule is O=C(N[C@H]1COC[C@@H]1N1CCCCC1)c1cnc(-c2ccccn2)[nH]c1=O. The maximum absolute atomic E-state index is 12.6. The molecule has 0 saturated carbocycles. The van der Waals surface area contributed by atoms with Crippen LogP contribution in [0, 0.1) is 0 Å². The van der Waals surface area contributed by atoms with Gasteiger partial charge in [0.05, 0.1) is 25.3 Å². The van der Waals surface area contributed by atoms with E-state index in [4.69, 9.17) is 4.74 Å². The highest BCUT2D eigenvalue weighted by molar-refractivity contribution is 5.93. The van der Waals surface area contributed by atoms with Crippen LogP contribution in [-0.2, 0) is 4.74 Å². The normalized spacial score (nSPS) is 23.3. The Kier molecular flexibility index (Phi) is 5.26. The molecule has 27 heavy (non-hydrogen) atoms. The zero-order chi connectivity index (χ0) is 18.6. The number of nitrogens with zero attached hydrogens (tertiary/aromatic N) is 3. The number of nitrogens with one attached hydrogen (secondary N) is 2. The highest BCUT2D eigenvalue weighted by Gasteiger charge is 2.35. The van der Waals surface area contributed by atoms with Crippen molar-refractivity contribution < 1.29 is 9.53 Å². The number of aromatic nitrogens is 3. The van der Waals surface area contributed by atoms with Crippen molar-refractivity contribution in [2.24, 2.45) is 0 Å². The summed E-state index contributed by atoms with van der Waals surface area (Å²) in [5, 5.41) is 2.96. The number of carbonyl (C=O) groups is 1. The van der Waals surface area contributed by atoms with Crippen LogP contribution in [0.5, 0.6) is 0 Å². The monoisotopic (exact) mass is 369 g/mol. The molecule has 4 rings (SSSR count). The summed E-state index contributed by atoms with van der Waals surface area (Å²) >= 11 is 0. The largest absolute Gasteiger partial charge is 0.378 e. The molecule has 0 aliphatic carbocycles. The van der Waals surface area contributed by atoms with Gasteiger partial charge in [0.1, 0.15) is 11.3 Å². The van der Waals surface area contributed by atoms with E-state index in [0.717, 1.165) is 13.1 Å². The molecule has 142 valence electrons. The fraction of sp³-hybridized carbons (Fsp3) is 0.474. The number of hydrogen-bond donors (Lipinski definition) is 2. The van der Waals surface area contributed by atoms with Gasteiger partial charge in [-0.25, -0.2) is 4.98 Å². The Bertz CT molecular complexity index is 848. The smallest absolute Gasteiger partial charge is 0.264 e. The summed E-state index contributed by atoms with van der Waals surface area (Å²) in [5.74, 6) is -0.0821. The molecular weight excluding hydrogens is 346 g/mol. The maximum atomic E-state index is 12.6. The fourth-order valence-corrected chi connectivity index (χ4v) is 3.73. The van der Waals surface area contributed by atoms with Gasteiger partial charge in [-0.3, -0.25) is 19.5 Å². The van der Waals surface area contributed by atoms with E-state index in [0.29, 0.717) is 24.7 Å². The first-order valence-corrected chi connectivity index (χ1v) is 9.36. The summed E-state index contributed by atoms with van der Waals surface area (Å²) in [5.41, 5.74) is 0.0754. The zero-order valence-electron chi connectivity index (χ0n) is 15.1. The number of hydrogen-bond acceptors (Lipinski definition) is 6. The van der Waals surface area contributed by atoms with Gasteiger partial charge in [-0.2, -0.15) is 0 Å². The van der Waals surface area contributed by atoms with E-state index in [2.05, 4.69) is 25.2 Å². The standard InChI is InChI=1S/C19H23N5O3/c25-18(22-15-11-27-12-16(15)24-8-4-1-5-9-24)13-10-21-17(23-19(13)26)14-6-2-3-7-20-14/h2-3,6-7,10,15-16H,1,4-5,8-9,11-12H2,(H,22,25)(H,21,23,26)/t15-,16-/m0/s1. The number of H-pyrrole nitrogens is 1. The lowest BCUT2D eigenvalue weighted by molar-refractivity contribution is 0.0898. The Morgan fingerprint density at radius 2 is 2.04 bits per heavy atom. The molecule has 2 aromatic heterocycles. The first kappa shape index (κ1) is 17.8. The van der Waals surface area contributed by atoms with Crippen LogP contribution < -0.4 is 10.9 Å². The molecule has 2 fully saturated rings. The number of rotatable bonds is 4. The molecule has 2 aromatic rings. The molecule has 2 atom stereocenters. The molecule has 2 aliphatic heterocycles. The van der Waals surface area contributed by atoms with Crippen molar-refractivity contribution in [3.63, 3.8) is 0 Å². The third kappa shape index (κ3) is 3.91. The molecule has 2 saturated heterocycles. The van der Waals surface area contributed by atoms with E-state index in [1.54, 1.807) is 18.3 Å². The van der Waals surface area contributed by atoms with Crippen LogP contribution in [0.2, 0.25) is 0 Å². The summed E-state index contributed by atoms with van der Waals surface area (Å²) in [6.45, 7) is 3.13. The lowest BCUT2D eigenvalue weighted by Crippen LogP contribution is -2.53. The van der Waals surface area contributed by atoms with Crippen LogP contribution >= 0.6 is 0 Å². The third-order valence-corrected chi connectivity index (χ3v) is 5.18. The number of carbonyl (C=O) groups excluding carboxylic acids is 1. The van der Waals surface area contributed by atoms with Gasteiger partial charge >= 0.3 is 0 Å². The van der Waals surface area contributed by atoms with Gasteiger partial charge in [0.25, 0.3) is 11.5 Å². The van der Waals surface area contributed by atoms with Crippen molar-refractivity contribution >= 4 is 5.91 Å². The minimum absolute atomic E-state index is 0.000949. The van der Waals surface area contributed by atoms with Crippen molar-refractivity contribution in [1.82, 2.24) is 25.2 Å². The minimum atomic E-state index is -0.475. The van der Waals surface area contributed by atoms with Crippen molar-refractivity contribution in [3.05, 3.63) is 46.5 Å². The fourth-order valence-electron chi connectivity index (χ4n) is 3.73. The second-order valence-corrected chi connectivity index (χ2v) is 6.97. The quantitative estimate of drug-likeness (QED) is 0.827. The molecule has 4 heterocycles. The van der Waals surface area contributed by atoms with Gasteiger partial charge in [0, 0.05) is 12.4 Å². The Balaban J connectivity index is 1.47. The summed E-state index contributed by atoms with van der Waals surface area (Å²) in [6.07, 6.45) is 6.54. The highest BCUT2D eigenvalue weighted by Crippen LogP contribution is 2.19. The summed E-state index contributed by atoms with van der Waals surface area (Å²) in [4.78, 5) is 38.4. The second kappa shape index (κ2) is 7.98. The average Bonchev–Trinajstić information content (AvgIpc) is 3.17. The van der Waals surface area contributed by atoms with Gasteiger partial charge in [-0.1, -0.05) is 12.5 Å². The third-order valence-electron chi connectivity index (χ3n) is 5.18. The van der Waals surface area contributed by atoms with Crippen LogP contribution in [0.25, 0.3) is 11.5 Å².